The third-order valence-corrected chi connectivity index (χ3v) is 2.96. The van der Waals surface area contributed by atoms with Crippen molar-refractivity contribution in [3.8, 4) is 0 Å². The molecule has 1 heterocycles. The largest absolute Gasteiger partial charge is 0.418 e. The first-order valence-electron chi connectivity index (χ1n) is 5.53. The van der Waals surface area contributed by atoms with Crippen molar-refractivity contribution in [3.63, 3.8) is 0 Å². The van der Waals surface area contributed by atoms with Gasteiger partial charge in [0.1, 0.15) is 4.60 Å². The predicted molar refractivity (Wildman–Crippen MR) is 73.3 cm³/mol. The number of aromatic nitrogens is 1. The standard InChI is InChI=1S/C12H7BrF3N3O2/c13-10-6-5-9(19(20)21)11(18-10)17-8-4-2-1-3-7(8)12(14,15)16/h1-6H,(H,17,18). The van der Waals surface area contributed by atoms with E-state index in [-0.39, 0.29) is 16.1 Å². The summed E-state index contributed by atoms with van der Waals surface area (Å²) in [7, 11) is 0. The monoisotopic (exact) mass is 361 g/mol. The first-order valence-corrected chi connectivity index (χ1v) is 6.32. The molecule has 0 unspecified atom stereocenters. The molecule has 1 N–H and O–H groups in total. The van der Waals surface area contributed by atoms with Crippen LogP contribution in [0.3, 0.4) is 0 Å². The van der Waals surface area contributed by atoms with E-state index < -0.39 is 22.4 Å². The lowest BCUT2D eigenvalue weighted by molar-refractivity contribution is -0.384. The van der Waals surface area contributed by atoms with Crippen LogP contribution in [-0.2, 0) is 6.18 Å². The molecule has 0 bridgehead atoms. The number of hydrogen-bond donors (Lipinski definition) is 1. The molecule has 0 saturated heterocycles. The number of benzene rings is 1. The summed E-state index contributed by atoms with van der Waals surface area (Å²) < 4.78 is 38.9. The summed E-state index contributed by atoms with van der Waals surface area (Å²) in [5, 5.41) is 13.3. The number of para-hydroxylation sites is 1. The molecule has 110 valence electrons. The van der Waals surface area contributed by atoms with Gasteiger partial charge in [0, 0.05) is 6.07 Å². The molecule has 1 aromatic heterocycles. The number of rotatable bonds is 3. The second kappa shape index (κ2) is 5.68. The molecule has 0 aliphatic heterocycles. The molecule has 5 nitrogen and oxygen atoms in total. The van der Waals surface area contributed by atoms with Gasteiger partial charge in [-0.2, -0.15) is 13.2 Å². The first kappa shape index (κ1) is 15.2. The Balaban J connectivity index is 2.49. The van der Waals surface area contributed by atoms with Crippen molar-refractivity contribution in [2.75, 3.05) is 5.32 Å². The van der Waals surface area contributed by atoms with Crippen molar-refractivity contribution in [2.45, 2.75) is 6.18 Å². The average molecular weight is 362 g/mol. The zero-order valence-electron chi connectivity index (χ0n) is 10.2. The van der Waals surface area contributed by atoms with E-state index in [2.05, 4.69) is 26.2 Å². The lowest BCUT2D eigenvalue weighted by Crippen LogP contribution is -2.09. The van der Waals surface area contributed by atoms with Crippen molar-refractivity contribution in [1.29, 1.82) is 0 Å². The molecular weight excluding hydrogens is 355 g/mol. The minimum absolute atomic E-state index is 0.264. The van der Waals surface area contributed by atoms with Crippen molar-refractivity contribution in [3.05, 3.63) is 56.7 Å². The van der Waals surface area contributed by atoms with E-state index in [9.17, 15) is 23.3 Å². The molecule has 9 heteroatoms. The molecule has 21 heavy (non-hydrogen) atoms. The normalized spacial score (nSPS) is 11.2. The van der Waals surface area contributed by atoms with Gasteiger partial charge in [-0.15, -0.1) is 0 Å². The zero-order valence-corrected chi connectivity index (χ0v) is 11.8. The Morgan fingerprint density at radius 2 is 1.86 bits per heavy atom. The second-order valence-electron chi connectivity index (χ2n) is 3.93. The van der Waals surface area contributed by atoms with E-state index in [0.717, 1.165) is 12.1 Å². The molecule has 2 aromatic rings. The molecule has 0 saturated carbocycles. The van der Waals surface area contributed by atoms with E-state index in [1.165, 1.54) is 24.3 Å². The van der Waals surface area contributed by atoms with Crippen LogP contribution in [0.4, 0.5) is 30.4 Å². The highest BCUT2D eigenvalue weighted by Crippen LogP contribution is 2.37. The number of nitro groups is 1. The third kappa shape index (κ3) is 3.48. The minimum Gasteiger partial charge on any atom is -0.334 e. The summed E-state index contributed by atoms with van der Waals surface area (Å²) >= 11 is 3.02. The summed E-state index contributed by atoms with van der Waals surface area (Å²) in [5.74, 6) is -0.272. The molecule has 0 aliphatic carbocycles. The summed E-state index contributed by atoms with van der Waals surface area (Å²) in [5.41, 5.74) is -1.66. The Bertz CT molecular complexity index is 692. The van der Waals surface area contributed by atoms with Crippen LogP contribution in [0.25, 0.3) is 0 Å². The van der Waals surface area contributed by atoms with Crippen molar-refractivity contribution in [2.24, 2.45) is 0 Å². The quantitative estimate of drug-likeness (QED) is 0.496. The van der Waals surface area contributed by atoms with Gasteiger partial charge < -0.3 is 5.32 Å². The van der Waals surface area contributed by atoms with Crippen LogP contribution in [0.2, 0.25) is 0 Å². The smallest absolute Gasteiger partial charge is 0.334 e. The Morgan fingerprint density at radius 1 is 1.19 bits per heavy atom. The van der Waals surface area contributed by atoms with Crippen LogP contribution < -0.4 is 5.32 Å². The Kier molecular flexibility index (Phi) is 4.12. The van der Waals surface area contributed by atoms with Crippen LogP contribution in [0.5, 0.6) is 0 Å². The van der Waals surface area contributed by atoms with Crippen LogP contribution in [0.1, 0.15) is 5.56 Å². The van der Waals surface area contributed by atoms with Gasteiger partial charge in [0.25, 0.3) is 0 Å². The molecule has 2 rings (SSSR count). The van der Waals surface area contributed by atoms with Crippen molar-refractivity contribution in [1.82, 2.24) is 4.98 Å². The molecule has 1 aromatic carbocycles. The fourth-order valence-corrected chi connectivity index (χ4v) is 1.94. The Hall–Kier alpha value is -2.16. The number of pyridine rings is 1. The summed E-state index contributed by atoms with van der Waals surface area (Å²) in [6.07, 6.45) is -4.58. The van der Waals surface area contributed by atoms with Gasteiger partial charge in [-0.25, -0.2) is 4.98 Å². The van der Waals surface area contributed by atoms with Crippen LogP contribution >= 0.6 is 15.9 Å². The van der Waals surface area contributed by atoms with Gasteiger partial charge in [-0.1, -0.05) is 12.1 Å². The zero-order chi connectivity index (χ0) is 15.6. The van der Waals surface area contributed by atoms with Gasteiger partial charge in [0.15, 0.2) is 0 Å². The molecule has 0 radical (unpaired) electrons. The number of hydrogen-bond acceptors (Lipinski definition) is 4. The third-order valence-electron chi connectivity index (χ3n) is 2.52. The number of halogens is 4. The SMILES string of the molecule is O=[N+]([O-])c1ccc(Br)nc1Nc1ccccc1C(F)(F)F. The fraction of sp³-hybridized carbons (Fsp3) is 0.0833. The summed E-state index contributed by atoms with van der Waals surface area (Å²) in [4.78, 5) is 14.0. The van der Waals surface area contributed by atoms with Crippen LogP contribution in [-0.4, -0.2) is 9.91 Å². The Morgan fingerprint density at radius 3 is 2.48 bits per heavy atom. The van der Waals surface area contributed by atoms with Gasteiger partial charge in [0.05, 0.1) is 16.2 Å². The first-order chi connectivity index (χ1) is 9.79. The average Bonchev–Trinajstić information content (AvgIpc) is 2.37. The van der Waals surface area contributed by atoms with Gasteiger partial charge in [-0.05, 0) is 34.1 Å². The number of nitrogens with zero attached hydrogens (tertiary/aromatic N) is 2. The van der Waals surface area contributed by atoms with Crippen LogP contribution in [0, 0.1) is 10.1 Å². The molecular formula is C12H7BrF3N3O2. The number of nitrogens with one attached hydrogen (secondary N) is 1. The molecule has 0 spiro atoms. The van der Waals surface area contributed by atoms with Crippen molar-refractivity contribution < 1.29 is 18.1 Å². The lowest BCUT2D eigenvalue weighted by atomic mass is 10.1. The van der Waals surface area contributed by atoms with E-state index in [1.807, 2.05) is 0 Å². The van der Waals surface area contributed by atoms with Gasteiger partial charge in [0.2, 0.25) is 5.82 Å². The van der Waals surface area contributed by atoms with Crippen molar-refractivity contribution >= 4 is 33.1 Å². The number of alkyl halides is 3. The lowest BCUT2D eigenvalue weighted by Gasteiger charge is -2.13. The van der Waals surface area contributed by atoms with Gasteiger partial charge >= 0.3 is 11.9 Å². The van der Waals surface area contributed by atoms with Gasteiger partial charge in [-0.3, -0.25) is 10.1 Å². The highest BCUT2D eigenvalue weighted by molar-refractivity contribution is 9.10. The highest BCUT2D eigenvalue weighted by Gasteiger charge is 2.33. The highest BCUT2D eigenvalue weighted by atomic mass is 79.9. The van der Waals surface area contributed by atoms with E-state index in [0.29, 0.717) is 0 Å². The van der Waals surface area contributed by atoms with E-state index >= 15 is 0 Å². The molecule has 0 aliphatic rings. The molecule has 0 fully saturated rings. The predicted octanol–water partition coefficient (Wildman–Crippen LogP) is 4.51. The molecule has 0 atom stereocenters. The molecule has 0 amide bonds. The summed E-state index contributed by atoms with van der Waals surface area (Å²) in [6.45, 7) is 0. The van der Waals surface area contributed by atoms with Crippen LogP contribution in [0.15, 0.2) is 41.0 Å². The Labute approximate surface area is 125 Å². The van der Waals surface area contributed by atoms with E-state index in [1.54, 1.807) is 0 Å². The fourth-order valence-electron chi connectivity index (χ4n) is 1.63. The minimum atomic E-state index is -4.58. The topological polar surface area (TPSA) is 68.1 Å². The maximum absolute atomic E-state index is 12.9. The summed E-state index contributed by atoms with van der Waals surface area (Å²) in [6, 6.07) is 7.16. The maximum atomic E-state index is 12.9. The second-order valence-corrected chi connectivity index (χ2v) is 4.74. The van der Waals surface area contributed by atoms with E-state index in [4.69, 9.17) is 0 Å². The number of anilines is 2. The maximum Gasteiger partial charge on any atom is 0.418 e.